The van der Waals surface area contributed by atoms with Crippen molar-refractivity contribution < 1.29 is 23.2 Å². The molecule has 5 nitrogen and oxygen atoms in total. The summed E-state index contributed by atoms with van der Waals surface area (Å²) in [5.41, 5.74) is 3.29. The van der Waals surface area contributed by atoms with Gasteiger partial charge in [0.25, 0.3) is 5.56 Å². The molecule has 1 aliphatic heterocycles. The van der Waals surface area contributed by atoms with E-state index in [0.717, 1.165) is 42.6 Å². The van der Waals surface area contributed by atoms with Gasteiger partial charge in [-0.1, -0.05) is 48.0 Å². The average molecular weight is 495 g/mol. The summed E-state index contributed by atoms with van der Waals surface area (Å²) in [4.78, 5) is 18.6. The standard InChI is InChI=1S/C28H26F3N3O2/c1-18-8-10-20(11-9-18)21-12-13-24-23(15-21)27(35)34(17-19-5-4-14-32-16-19)26(33-24)22-6-2-3-7-25(22)36-28(29,30)31/h2-3,6-13,15,19,32H,4-5,14,16-17H2,1H3/p+1. The van der Waals surface area contributed by atoms with Gasteiger partial charge in [-0.25, -0.2) is 4.98 Å². The predicted octanol–water partition coefficient (Wildman–Crippen LogP) is 4.91. The Balaban J connectivity index is 1.69. The van der Waals surface area contributed by atoms with Gasteiger partial charge < -0.3 is 10.1 Å². The number of hydrogen-bond acceptors (Lipinski definition) is 3. The van der Waals surface area contributed by atoms with E-state index in [0.29, 0.717) is 17.4 Å². The van der Waals surface area contributed by atoms with Crippen LogP contribution in [-0.2, 0) is 6.54 Å². The Kier molecular flexibility index (Phi) is 6.53. The number of benzene rings is 3. The zero-order valence-corrected chi connectivity index (χ0v) is 19.9. The number of ether oxygens (including phenoxy) is 1. The fourth-order valence-corrected chi connectivity index (χ4v) is 4.83. The molecule has 8 heteroatoms. The number of piperidine rings is 1. The van der Waals surface area contributed by atoms with E-state index < -0.39 is 6.36 Å². The average Bonchev–Trinajstić information content (AvgIpc) is 2.86. The second kappa shape index (κ2) is 9.78. The third kappa shape index (κ3) is 5.14. The van der Waals surface area contributed by atoms with Crippen molar-refractivity contribution in [2.45, 2.75) is 32.7 Å². The lowest BCUT2D eigenvalue weighted by Gasteiger charge is -2.23. The molecule has 1 atom stereocenters. The van der Waals surface area contributed by atoms with Gasteiger partial charge in [0.05, 0.1) is 29.6 Å². The Hall–Kier alpha value is -3.65. The highest BCUT2D eigenvalue weighted by Gasteiger charge is 2.33. The van der Waals surface area contributed by atoms with Gasteiger partial charge in [0, 0.05) is 12.5 Å². The van der Waals surface area contributed by atoms with Crippen molar-refractivity contribution in [2.75, 3.05) is 13.1 Å². The third-order valence-electron chi connectivity index (χ3n) is 6.65. The number of nitrogens with zero attached hydrogens (tertiary/aromatic N) is 2. The molecule has 186 valence electrons. The van der Waals surface area contributed by atoms with Gasteiger partial charge >= 0.3 is 6.36 Å². The van der Waals surface area contributed by atoms with Crippen LogP contribution < -0.4 is 15.6 Å². The summed E-state index contributed by atoms with van der Waals surface area (Å²) in [7, 11) is 0. The minimum Gasteiger partial charge on any atom is -0.405 e. The molecule has 2 N–H and O–H groups in total. The van der Waals surface area contributed by atoms with E-state index in [-0.39, 0.29) is 28.6 Å². The number of nitrogens with two attached hydrogens (primary N) is 1. The van der Waals surface area contributed by atoms with Crippen LogP contribution in [0.5, 0.6) is 5.75 Å². The van der Waals surface area contributed by atoms with E-state index in [1.807, 2.05) is 43.3 Å². The summed E-state index contributed by atoms with van der Waals surface area (Å²) in [6.07, 6.45) is -2.88. The highest BCUT2D eigenvalue weighted by molar-refractivity contribution is 5.85. The Morgan fingerprint density at radius 2 is 1.81 bits per heavy atom. The van der Waals surface area contributed by atoms with Crippen LogP contribution in [0.2, 0.25) is 0 Å². The van der Waals surface area contributed by atoms with Crippen LogP contribution >= 0.6 is 0 Å². The highest BCUT2D eigenvalue weighted by atomic mass is 19.4. The number of para-hydroxylation sites is 1. The quantitative estimate of drug-likeness (QED) is 0.429. The molecule has 1 fully saturated rings. The molecule has 0 saturated carbocycles. The molecule has 0 radical (unpaired) electrons. The molecule has 2 heterocycles. The van der Waals surface area contributed by atoms with Crippen molar-refractivity contribution >= 4 is 10.9 Å². The van der Waals surface area contributed by atoms with Crippen LogP contribution in [-0.4, -0.2) is 29.0 Å². The van der Waals surface area contributed by atoms with Gasteiger partial charge in [0.2, 0.25) is 0 Å². The molecular weight excluding hydrogens is 467 g/mol. The fourth-order valence-electron chi connectivity index (χ4n) is 4.83. The second-order valence-electron chi connectivity index (χ2n) is 9.31. The molecule has 1 aliphatic rings. The summed E-state index contributed by atoms with van der Waals surface area (Å²) in [6, 6.07) is 19.3. The zero-order chi connectivity index (χ0) is 25.3. The molecule has 1 unspecified atom stereocenters. The topological polar surface area (TPSA) is 60.7 Å². The molecule has 5 rings (SSSR count). The molecule has 3 aromatic carbocycles. The number of rotatable bonds is 5. The van der Waals surface area contributed by atoms with Crippen molar-refractivity contribution in [1.29, 1.82) is 0 Å². The summed E-state index contributed by atoms with van der Waals surface area (Å²) in [5, 5.41) is 2.65. The monoisotopic (exact) mass is 494 g/mol. The number of aromatic nitrogens is 2. The minimum absolute atomic E-state index is 0.135. The zero-order valence-electron chi connectivity index (χ0n) is 19.9. The summed E-state index contributed by atoms with van der Waals surface area (Å²) in [5.74, 6) is 0.0166. The summed E-state index contributed by atoms with van der Waals surface area (Å²) < 4.78 is 45.3. The molecule has 4 aromatic rings. The van der Waals surface area contributed by atoms with Crippen molar-refractivity contribution in [3.05, 3.63) is 82.6 Å². The maximum atomic E-state index is 13.9. The number of quaternary nitrogens is 1. The van der Waals surface area contributed by atoms with E-state index in [9.17, 15) is 18.0 Å². The molecule has 1 saturated heterocycles. The number of aryl methyl sites for hydroxylation is 1. The van der Waals surface area contributed by atoms with Gasteiger partial charge in [-0.15, -0.1) is 13.2 Å². The van der Waals surface area contributed by atoms with E-state index >= 15 is 0 Å². The van der Waals surface area contributed by atoms with Crippen molar-refractivity contribution in [3.8, 4) is 28.3 Å². The molecule has 1 aromatic heterocycles. The maximum absolute atomic E-state index is 13.9. The first-order valence-electron chi connectivity index (χ1n) is 12.1. The lowest BCUT2D eigenvalue weighted by Crippen LogP contribution is -2.87. The van der Waals surface area contributed by atoms with E-state index in [2.05, 4.69) is 10.1 Å². The van der Waals surface area contributed by atoms with Crippen LogP contribution in [0.4, 0.5) is 13.2 Å². The smallest absolute Gasteiger partial charge is 0.405 e. The Morgan fingerprint density at radius 3 is 2.53 bits per heavy atom. The highest BCUT2D eigenvalue weighted by Crippen LogP contribution is 2.34. The fraction of sp³-hybridized carbons (Fsp3) is 0.286. The largest absolute Gasteiger partial charge is 0.573 e. The van der Waals surface area contributed by atoms with Crippen LogP contribution in [0.1, 0.15) is 18.4 Å². The van der Waals surface area contributed by atoms with Crippen LogP contribution in [0.3, 0.4) is 0 Å². The first kappa shape index (κ1) is 24.1. The third-order valence-corrected chi connectivity index (χ3v) is 6.65. The SMILES string of the molecule is Cc1ccc(-c2ccc3nc(-c4ccccc4OC(F)(F)F)n(CC4CCC[NH2+]C4)c(=O)c3c2)cc1. The molecular formula is C28H27F3N3O2+. The van der Waals surface area contributed by atoms with Gasteiger partial charge in [-0.2, -0.15) is 0 Å². The Bertz CT molecular complexity index is 1440. The van der Waals surface area contributed by atoms with Crippen LogP contribution in [0, 0.1) is 12.8 Å². The van der Waals surface area contributed by atoms with Gasteiger partial charge in [-0.05, 0) is 55.2 Å². The molecule has 36 heavy (non-hydrogen) atoms. The lowest BCUT2D eigenvalue weighted by molar-refractivity contribution is -0.669. The number of hydrogen-bond donors (Lipinski definition) is 1. The van der Waals surface area contributed by atoms with Crippen molar-refractivity contribution in [1.82, 2.24) is 9.55 Å². The van der Waals surface area contributed by atoms with E-state index in [1.165, 1.54) is 22.8 Å². The van der Waals surface area contributed by atoms with Crippen LogP contribution in [0.25, 0.3) is 33.4 Å². The molecule has 0 spiro atoms. The minimum atomic E-state index is -4.86. The second-order valence-corrected chi connectivity index (χ2v) is 9.31. The first-order chi connectivity index (χ1) is 17.3. The lowest BCUT2D eigenvalue weighted by atomic mass is 9.99. The number of fused-ring (bicyclic) bond motifs is 1. The normalized spacial score (nSPS) is 16.3. The first-order valence-corrected chi connectivity index (χ1v) is 12.1. The van der Waals surface area contributed by atoms with Crippen LogP contribution in [0.15, 0.2) is 71.5 Å². The maximum Gasteiger partial charge on any atom is 0.573 e. The number of halogens is 3. The predicted molar refractivity (Wildman–Crippen MR) is 133 cm³/mol. The van der Waals surface area contributed by atoms with Crippen molar-refractivity contribution in [2.24, 2.45) is 5.92 Å². The molecule has 0 bridgehead atoms. The summed E-state index contributed by atoms with van der Waals surface area (Å²) in [6.45, 7) is 4.28. The van der Waals surface area contributed by atoms with Gasteiger partial charge in [-0.3, -0.25) is 9.36 Å². The van der Waals surface area contributed by atoms with Gasteiger partial charge in [0.15, 0.2) is 0 Å². The Morgan fingerprint density at radius 1 is 1.06 bits per heavy atom. The number of alkyl halides is 3. The molecule has 0 amide bonds. The molecule has 0 aliphatic carbocycles. The Labute approximate surface area is 206 Å². The summed E-state index contributed by atoms with van der Waals surface area (Å²) >= 11 is 0. The van der Waals surface area contributed by atoms with Gasteiger partial charge in [0.1, 0.15) is 11.6 Å². The van der Waals surface area contributed by atoms with Crippen molar-refractivity contribution in [3.63, 3.8) is 0 Å². The van der Waals surface area contributed by atoms with E-state index in [1.54, 1.807) is 12.1 Å². The van der Waals surface area contributed by atoms with E-state index in [4.69, 9.17) is 4.98 Å².